The molecule has 2 atom stereocenters. The van der Waals surface area contributed by atoms with E-state index in [0.717, 1.165) is 13.1 Å². The van der Waals surface area contributed by atoms with Crippen LogP contribution >= 0.6 is 0 Å². The van der Waals surface area contributed by atoms with Gasteiger partial charge in [-0.15, -0.1) is 0 Å². The highest BCUT2D eigenvalue weighted by Crippen LogP contribution is 2.46. The molecular formula is C18H24FN3O4. The van der Waals surface area contributed by atoms with Crippen LogP contribution in [0, 0.1) is 5.82 Å². The minimum Gasteiger partial charge on any atom is -0.494 e. The number of halogens is 1. The number of carbonyl (C=O) groups is 2. The molecule has 1 fully saturated rings. The van der Waals surface area contributed by atoms with E-state index in [1.165, 1.54) is 18.1 Å². The number of aliphatic carboxylic acids is 1. The first-order valence-corrected chi connectivity index (χ1v) is 8.70. The van der Waals surface area contributed by atoms with E-state index < -0.39 is 23.7 Å². The molecule has 142 valence electrons. The van der Waals surface area contributed by atoms with E-state index in [1.807, 2.05) is 7.05 Å². The van der Waals surface area contributed by atoms with Crippen molar-refractivity contribution in [3.63, 3.8) is 0 Å². The van der Waals surface area contributed by atoms with E-state index >= 15 is 0 Å². The molecule has 2 aliphatic heterocycles. The van der Waals surface area contributed by atoms with Gasteiger partial charge < -0.3 is 19.6 Å². The van der Waals surface area contributed by atoms with Gasteiger partial charge in [-0.1, -0.05) is 0 Å². The lowest BCUT2D eigenvalue weighted by atomic mass is 9.92. The average molecular weight is 365 g/mol. The lowest BCUT2D eigenvalue weighted by Gasteiger charge is -2.36. The Morgan fingerprint density at radius 2 is 1.92 bits per heavy atom. The fraction of sp³-hybridized carbons (Fsp3) is 0.556. The van der Waals surface area contributed by atoms with Gasteiger partial charge in [0.25, 0.3) is 0 Å². The zero-order valence-corrected chi connectivity index (χ0v) is 15.2. The highest BCUT2D eigenvalue weighted by Gasteiger charge is 2.44. The van der Waals surface area contributed by atoms with Crippen LogP contribution in [0.4, 0.5) is 14.9 Å². The molecule has 7 nitrogen and oxygen atoms in total. The summed E-state index contributed by atoms with van der Waals surface area (Å²) in [5, 5.41) is 9.26. The number of hydrogen-bond acceptors (Lipinski definition) is 4. The van der Waals surface area contributed by atoms with E-state index in [9.17, 15) is 19.1 Å². The van der Waals surface area contributed by atoms with Crippen LogP contribution in [0.1, 0.15) is 24.8 Å². The largest absolute Gasteiger partial charge is 0.494 e. The number of anilines is 1. The van der Waals surface area contributed by atoms with Crippen molar-refractivity contribution >= 4 is 17.7 Å². The number of fused-ring (bicyclic) bond motifs is 1. The highest BCUT2D eigenvalue weighted by molar-refractivity contribution is 5.96. The molecular weight excluding hydrogens is 341 g/mol. The Bertz CT molecular complexity index is 719. The predicted octanol–water partition coefficient (Wildman–Crippen LogP) is 1.97. The minimum atomic E-state index is -1.02. The van der Waals surface area contributed by atoms with E-state index in [0.29, 0.717) is 18.8 Å². The predicted molar refractivity (Wildman–Crippen MR) is 94.4 cm³/mol. The van der Waals surface area contributed by atoms with Gasteiger partial charge in [0.2, 0.25) is 0 Å². The number of piperazine rings is 1. The van der Waals surface area contributed by atoms with Gasteiger partial charge in [-0.25, -0.2) is 9.18 Å². The highest BCUT2D eigenvalue weighted by atomic mass is 19.1. The molecule has 0 radical (unpaired) electrons. The topological polar surface area (TPSA) is 73.3 Å². The van der Waals surface area contributed by atoms with Gasteiger partial charge in [0.1, 0.15) is 0 Å². The molecule has 0 aromatic heterocycles. The maximum atomic E-state index is 14.9. The van der Waals surface area contributed by atoms with E-state index in [-0.39, 0.29) is 23.8 Å². The average Bonchev–Trinajstić information content (AvgIpc) is 2.87. The number of benzene rings is 1. The summed E-state index contributed by atoms with van der Waals surface area (Å²) in [6.07, 6.45) is -0.245. The van der Waals surface area contributed by atoms with Gasteiger partial charge in [0, 0.05) is 43.7 Å². The quantitative estimate of drug-likeness (QED) is 0.887. The number of rotatable bonds is 3. The molecule has 3 rings (SSSR count). The first kappa shape index (κ1) is 18.4. The van der Waals surface area contributed by atoms with Crippen molar-refractivity contribution < 1.29 is 23.8 Å². The molecule has 2 amide bonds. The van der Waals surface area contributed by atoms with Crippen molar-refractivity contribution in [1.82, 2.24) is 9.80 Å². The zero-order chi connectivity index (χ0) is 19.0. The van der Waals surface area contributed by atoms with Gasteiger partial charge in [-0.05, 0) is 26.1 Å². The summed E-state index contributed by atoms with van der Waals surface area (Å²) < 4.78 is 19.9. The molecule has 2 unspecified atom stereocenters. The number of likely N-dealkylation sites (N-methyl/N-ethyl adjacent to an activating group) is 1. The first-order chi connectivity index (χ1) is 12.3. The van der Waals surface area contributed by atoms with Crippen LogP contribution in [-0.2, 0) is 4.79 Å². The molecule has 0 bridgehead atoms. The van der Waals surface area contributed by atoms with E-state index in [4.69, 9.17) is 4.74 Å². The second kappa shape index (κ2) is 7.11. The zero-order valence-electron chi connectivity index (χ0n) is 15.2. The molecule has 1 aromatic rings. The van der Waals surface area contributed by atoms with Crippen molar-refractivity contribution in [2.45, 2.75) is 25.3 Å². The van der Waals surface area contributed by atoms with Gasteiger partial charge in [-0.3, -0.25) is 9.69 Å². The normalized spacial score (nSPS) is 23.1. The van der Waals surface area contributed by atoms with Crippen LogP contribution in [-0.4, -0.2) is 73.3 Å². The molecule has 1 aromatic carbocycles. The number of nitrogens with zero attached hydrogens (tertiary/aromatic N) is 3. The summed E-state index contributed by atoms with van der Waals surface area (Å²) >= 11 is 0. The Morgan fingerprint density at radius 1 is 1.27 bits per heavy atom. The van der Waals surface area contributed by atoms with Gasteiger partial charge in [0.15, 0.2) is 11.6 Å². The van der Waals surface area contributed by atoms with Crippen LogP contribution in [0.3, 0.4) is 0 Å². The Balaban J connectivity index is 1.98. The second-order valence-corrected chi connectivity index (χ2v) is 6.90. The Hall–Kier alpha value is -2.35. The number of hydrogen-bond donors (Lipinski definition) is 1. The molecule has 1 saturated heterocycles. The molecule has 2 aliphatic rings. The number of carboxylic acids is 1. The van der Waals surface area contributed by atoms with Crippen molar-refractivity contribution in [3.8, 4) is 5.75 Å². The summed E-state index contributed by atoms with van der Waals surface area (Å²) in [5.41, 5.74) is 0.688. The van der Waals surface area contributed by atoms with Crippen molar-refractivity contribution in [3.05, 3.63) is 23.5 Å². The maximum Gasteiger partial charge on any atom is 0.324 e. The van der Waals surface area contributed by atoms with Crippen LogP contribution in [0.2, 0.25) is 0 Å². The number of methoxy groups -OCH3 is 1. The number of urea groups is 1. The first-order valence-electron chi connectivity index (χ1n) is 8.70. The Morgan fingerprint density at radius 3 is 2.50 bits per heavy atom. The van der Waals surface area contributed by atoms with Gasteiger partial charge in [-0.2, -0.15) is 0 Å². The third-order valence-corrected chi connectivity index (χ3v) is 5.34. The van der Waals surface area contributed by atoms with Crippen molar-refractivity contribution in [1.29, 1.82) is 0 Å². The minimum absolute atomic E-state index is 0.0558. The fourth-order valence-corrected chi connectivity index (χ4v) is 3.81. The smallest absolute Gasteiger partial charge is 0.324 e. The molecule has 8 heteroatoms. The van der Waals surface area contributed by atoms with Gasteiger partial charge >= 0.3 is 12.0 Å². The summed E-state index contributed by atoms with van der Waals surface area (Å²) in [6, 6.07) is 2.47. The van der Waals surface area contributed by atoms with Gasteiger partial charge in [0.05, 0.1) is 19.2 Å². The standard InChI is InChI=1S/C18H24FN3O4/c1-11-12(10-15(23)24)16-13(4-5-14(26-3)17(16)19)22(11)18(25)21-8-6-20(2)7-9-21/h4-5,11-12H,6-10H2,1-3H3,(H,23,24). The monoisotopic (exact) mass is 365 g/mol. The fourth-order valence-electron chi connectivity index (χ4n) is 3.81. The molecule has 0 aliphatic carbocycles. The second-order valence-electron chi connectivity index (χ2n) is 6.90. The number of ether oxygens (including phenoxy) is 1. The Kier molecular flexibility index (Phi) is 5.04. The van der Waals surface area contributed by atoms with Crippen molar-refractivity contribution in [2.24, 2.45) is 0 Å². The van der Waals surface area contributed by atoms with E-state index in [1.54, 1.807) is 17.9 Å². The third kappa shape index (κ3) is 3.09. The molecule has 1 N–H and O–H groups in total. The van der Waals surface area contributed by atoms with Crippen molar-refractivity contribution in [2.75, 3.05) is 45.2 Å². The Labute approximate surface area is 151 Å². The van der Waals surface area contributed by atoms with Crippen LogP contribution in [0.5, 0.6) is 5.75 Å². The summed E-state index contributed by atoms with van der Waals surface area (Å²) in [4.78, 5) is 29.8. The van der Waals surface area contributed by atoms with Crippen LogP contribution in [0.15, 0.2) is 12.1 Å². The molecule has 0 saturated carbocycles. The summed E-state index contributed by atoms with van der Waals surface area (Å²) in [6.45, 7) is 4.51. The van der Waals surface area contributed by atoms with Crippen LogP contribution in [0.25, 0.3) is 0 Å². The number of amides is 2. The maximum absolute atomic E-state index is 14.9. The summed E-state index contributed by atoms with van der Waals surface area (Å²) in [5.74, 6) is -2.17. The molecule has 26 heavy (non-hydrogen) atoms. The molecule has 2 heterocycles. The molecule has 0 spiro atoms. The third-order valence-electron chi connectivity index (χ3n) is 5.34. The summed E-state index contributed by atoms with van der Waals surface area (Å²) in [7, 11) is 3.36. The SMILES string of the molecule is COc1ccc2c(c1F)C(CC(=O)O)C(C)N2C(=O)N1CCN(C)CC1. The lowest BCUT2D eigenvalue weighted by Crippen LogP contribution is -2.53. The number of carboxylic acid groups (broad SMARTS) is 1. The lowest BCUT2D eigenvalue weighted by molar-refractivity contribution is -0.137. The van der Waals surface area contributed by atoms with Crippen LogP contribution < -0.4 is 9.64 Å². The number of carbonyl (C=O) groups excluding carboxylic acids is 1. The van der Waals surface area contributed by atoms with E-state index in [2.05, 4.69) is 4.90 Å².